The molecule has 7 heteroatoms. The lowest BCUT2D eigenvalue weighted by molar-refractivity contribution is -0.121. The molecule has 1 aromatic heterocycles. The Morgan fingerprint density at radius 1 is 1.06 bits per heavy atom. The number of nitrogens with one attached hydrogen (secondary N) is 1. The fraction of sp³-hybridized carbons (Fsp3) is 0.400. The first-order valence-corrected chi connectivity index (χ1v) is 11.3. The van der Waals surface area contributed by atoms with Crippen LogP contribution in [0.15, 0.2) is 53.1 Å². The van der Waals surface area contributed by atoms with E-state index in [2.05, 4.69) is 51.5 Å². The van der Waals surface area contributed by atoms with Crippen LogP contribution in [0.2, 0.25) is 0 Å². The van der Waals surface area contributed by atoms with Crippen LogP contribution in [-0.4, -0.2) is 47.3 Å². The number of hydrogen-bond acceptors (Lipinski definition) is 6. The summed E-state index contributed by atoms with van der Waals surface area (Å²) >= 11 is 0. The first kappa shape index (κ1) is 22.2. The largest absolute Gasteiger partial charge is 0.379 e. The predicted molar refractivity (Wildman–Crippen MR) is 122 cm³/mol. The molecular weight excluding hydrogens is 404 g/mol. The lowest BCUT2D eigenvalue weighted by Gasteiger charge is -2.27. The van der Waals surface area contributed by atoms with E-state index in [0.29, 0.717) is 31.1 Å². The molecule has 2 heterocycles. The molecule has 4 rings (SSSR count). The van der Waals surface area contributed by atoms with Crippen LogP contribution < -0.4 is 5.32 Å². The Kier molecular flexibility index (Phi) is 7.64. The van der Waals surface area contributed by atoms with Gasteiger partial charge in [0.15, 0.2) is 0 Å². The van der Waals surface area contributed by atoms with E-state index in [9.17, 15) is 4.79 Å². The summed E-state index contributed by atoms with van der Waals surface area (Å²) in [6.07, 6.45) is 1.72. The summed E-state index contributed by atoms with van der Waals surface area (Å²) in [5, 5.41) is 7.08. The summed E-state index contributed by atoms with van der Waals surface area (Å²) in [4.78, 5) is 19.2. The molecule has 0 bridgehead atoms. The first-order valence-electron chi connectivity index (χ1n) is 11.3. The standard InChI is InChI=1S/C25H30N4O3/c1-2-19-7-9-20(10-8-19)25-27-24(32-28-25)12-11-23(30)26-17-21-5-3-4-6-22(21)18-29-13-15-31-16-14-29/h3-10H,2,11-18H2,1H3,(H,26,30). The highest BCUT2D eigenvalue weighted by Gasteiger charge is 2.14. The molecule has 0 atom stereocenters. The highest BCUT2D eigenvalue weighted by molar-refractivity contribution is 5.76. The zero-order valence-corrected chi connectivity index (χ0v) is 18.5. The highest BCUT2D eigenvalue weighted by atomic mass is 16.5. The Balaban J connectivity index is 1.26. The van der Waals surface area contributed by atoms with E-state index in [1.54, 1.807) is 0 Å². The maximum Gasteiger partial charge on any atom is 0.227 e. The SMILES string of the molecule is CCc1ccc(-c2noc(CCC(=O)NCc3ccccc3CN3CCOCC3)n2)cc1. The van der Waals surface area contributed by atoms with E-state index in [1.165, 1.54) is 11.1 Å². The number of aromatic nitrogens is 2. The number of ether oxygens (including phenoxy) is 1. The summed E-state index contributed by atoms with van der Waals surface area (Å²) in [6, 6.07) is 16.4. The second-order valence-corrected chi connectivity index (χ2v) is 8.00. The maximum atomic E-state index is 12.4. The normalized spacial score (nSPS) is 14.4. The molecule has 7 nitrogen and oxygen atoms in total. The van der Waals surface area contributed by atoms with Gasteiger partial charge in [0.1, 0.15) is 0 Å². The van der Waals surface area contributed by atoms with Gasteiger partial charge in [-0.3, -0.25) is 9.69 Å². The Bertz CT molecular complexity index is 1010. The number of aryl methyl sites for hydroxylation is 2. The van der Waals surface area contributed by atoms with E-state index < -0.39 is 0 Å². The Morgan fingerprint density at radius 3 is 2.56 bits per heavy atom. The maximum absolute atomic E-state index is 12.4. The number of morpholine rings is 1. The topological polar surface area (TPSA) is 80.5 Å². The summed E-state index contributed by atoms with van der Waals surface area (Å²) in [7, 11) is 0. The summed E-state index contributed by atoms with van der Waals surface area (Å²) < 4.78 is 10.8. The Hall–Kier alpha value is -3.03. The smallest absolute Gasteiger partial charge is 0.227 e. The third-order valence-electron chi connectivity index (χ3n) is 5.75. The highest BCUT2D eigenvalue weighted by Crippen LogP contribution is 2.17. The third-order valence-corrected chi connectivity index (χ3v) is 5.75. The molecule has 1 saturated heterocycles. The molecule has 3 aromatic rings. The van der Waals surface area contributed by atoms with Crippen molar-refractivity contribution in [3.05, 3.63) is 71.1 Å². The van der Waals surface area contributed by atoms with Gasteiger partial charge >= 0.3 is 0 Å². The van der Waals surface area contributed by atoms with Gasteiger partial charge in [-0.1, -0.05) is 60.6 Å². The number of benzene rings is 2. The average Bonchev–Trinajstić information content (AvgIpc) is 3.32. The molecule has 1 N–H and O–H groups in total. The molecule has 32 heavy (non-hydrogen) atoms. The van der Waals surface area contributed by atoms with Crippen molar-refractivity contribution < 1.29 is 14.1 Å². The lowest BCUT2D eigenvalue weighted by Crippen LogP contribution is -2.36. The van der Waals surface area contributed by atoms with Crippen LogP contribution in [0.25, 0.3) is 11.4 Å². The van der Waals surface area contributed by atoms with Gasteiger partial charge in [0, 0.05) is 44.6 Å². The predicted octanol–water partition coefficient (Wildman–Crippen LogP) is 3.38. The van der Waals surface area contributed by atoms with Crippen molar-refractivity contribution in [3.63, 3.8) is 0 Å². The van der Waals surface area contributed by atoms with Crippen molar-refractivity contribution in [2.75, 3.05) is 26.3 Å². The van der Waals surface area contributed by atoms with Gasteiger partial charge in [0.25, 0.3) is 0 Å². The van der Waals surface area contributed by atoms with Crippen molar-refractivity contribution in [2.24, 2.45) is 0 Å². The van der Waals surface area contributed by atoms with Crippen LogP contribution in [0.1, 0.15) is 35.9 Å². The van der Waals surface area contributed by atoms with Crippen molar-refractivity contribution >= 4 is 5.91 Å². The molecule has 0 aliphatic carbocycles. The molecule has 1 aliphatic rings. The van der Waals surface area contributed by atoms with Crippen LogP contribution in [-0.2, 0) is 35.5 Å². The van der Waals surface area contributed by atoms with E-state index >= 15 is 0 Å². The zero-order valence-electron chi connectivity index (χ0n) is 18.5. The summed E-state index contributed by atoms with van der Waals surface area (Å²) in [5.74, 6) is 1.00. The van der Waals surface area contributed by atoms with Crippen LogP contribution in [0.5, 0.6) is 0 Å². The van der Waals surface area contributed by atoms with Crippen LogP contribution in [0.3, 0.4) is 0 Å². The van der Waals surface area contributed by atoms with Gasteiger partial charge in [-0.15, -0.1) is 0 Å². The molecule has 0 spiro atoms. The van der Waals surface area contributed by atoms with Crippen molar-refractivity contribution in [3.8, 4) is 11.4 Å². The summed E-state index contributed by atoms with van der Waals surface area (Å²) in [5.41, 5.74) is 4.56. The number of rotatable bonds is 9. The minimum absolute atomic E-state index is 0.0294. The molecule has 0 radical (unpaired) electrons. The molecule has 2 aromatic carbocycles. The second kappa shape index (κ2) is 11.0. The molecule has 1 fully saturated rings. The second-order valence-electron chi connectivity index (χ2n) is 8.00. The molecule has 1 amide bonds. The van der Waals surface area contributed by atoms with Crippen LogP contribution in [0.4, 0.5) is 0 Å². The molecule has 168 valence electrons. The lowest BCUT2D eigenvalue weighted by atomic mass is 10.1. The van der Waals surface area contributed by atoms with Crippen molar-refractivity contribution in [1.29, 1.82) is 0 Å². The zero-order chi connectivity index (χ0) is 22.2. The van der Waals surface area contributed by atoms with E-state index in [0.717, 1.165) is 50.4 Å². The third kappa shape index (κ3) is 6.02. The number of carbonyl (C=O) groups is 1. The number of carbonyl (C=O) groups excluding carboxylic acids is 1. The van der Waals surface area contributed by atoms with Gasteiger partial charge in [0.2, 0.25) is 17.6 Å². The first-order chi connectivity index (χ1) is 15.7. The minimum atomic E-state index is -0.0294. The Morgan fingerprint density at radius 2 is 1.81 bits per heavy atom. The van der Waals surface area contributed by atoms with Gasteiger partial charge < -0.3 is 14.6 Å². The van der Waals surface area contributed by atoms with Crippen LogP contribution in [0, 0.1) is 0 Å². The van der Waals surface area contributed by atoms with E-state index in [-0.39, 0.29) is 5.91 Å². The van der Waals surface area contributed by atoms with Gasteiger partial charge in [-0.05, 0) is 23.1 Å². The number of amides is 1. The van der Waals surface area contributed by atoms with Gasteiger partial charge in [0.05, 0.1) is 13.2 Å². The summed E-state index contributed by atoms with van der Waals surface area (Å²) in [6.45, 7) is 6.94. The van der Waals surface area contributed by atoms with Crippen molar-refractivity contribution in [1.82, 2.24) is 20.4 Å². The fourth-order valence-corrected chi connectivity index (χ4v) is 3.75. The molecule has 1 aliphatic heterocycles. The van der Waals surface area contributed by atoms with Gasteiger partial charge in [-0.2, -0.15) is 4.98 Å². The Labute approximate surface area is 188 Å². The monoisotopic (exact) mass is 434 g/mol. The van der Waals surface area contributed by atoms with Gasteiger partial charge in [-0.25, -0.2) is 0 Å². The molecule has 0 unspecified atom stereocenters. The average molecular weight is 435 g/mol. The number of nitrogens with zero attached hydrogens (tertiary/aromatic N) is 3. The molecular formula is C25H30N4O3. The fourth-order valence-electron chi connectivity index (χ4n) is 3.75. The van der Waals surface area contributed by atoms with Crippen molar-refractivity contribution in [2.45, 2.75) is 39.3 Å². The van der Waals surface area contributed by atoms with E-state index in [4.69, 9.17) is 9.26 Å². The van der Waals surface area contributed by atoms with E-state index in [1.807, 2.05) is 24.3 Å². The molecule has 0 saturated carbocycles. The minimum Gasteiger partial charge on any atom is -0.379 e. The van der Waals surface area contributed by atoms with Crippen LogP contribution >= 0.6 is 0 Å². The number of hydrogen-bond donors (Lipinski definition) is 1. The quantitative estimate of drug-likeness (QED) is 0.556.